The first-order valence-electron chi connectivity index (χ1n) is 11.0. The van der Waals surface area contributed by atoms with E-state index in [1.165, 1.54) is 16.9 Å². The van der Waals surface area contributed by atoms with Gasteiger partial charge in [-0.25, -0.2) is 18.3 Å². The summed E-state index contributed by atoms with van der Waals surface area (Å²) in [6, 6.07) is 11.3. The summed E-state index contributed by atoms with van der Waals surface area (Å²) in [6.07, 6.45) is 0.972. The van der Waals surface area contributed by atoms with Crippen LogP contribution in [-0.2, 0) is 11.2 Å². The van der Waals surface area contributed by atoms with Crippen LogP contribution in [0.3, 0.4) is 0 Å². The van der Waals surface area contributed by atoms with Crippen molar-refractivity contribution in [3.8, 4) is 5.69 Å². The molecule has 8 nitrogen and oxygen atoms in total. The minimum atomic E-state index is -0.740. The fraction of sp³-hybridized carbons (Fsp3) is 0.292. The largest absolute Gasteiger partial charge is 0.448 e. The second-order valence-electron chi connectivity index (χ2n) is 7.93. The number of carbonyl (C=O) groups is 1. The third-order valence-corrected chi connectivity index (χ3v) is 5.39. The molecule has 2 aromatic carbocycles. The Balaban J connectivity index is 1.39. The summed E-state index contributed by atoms with van der Waals surface area (Å²) < 4.78 is 33.7. The topological polar surface area (TPSA) is 88.5 Å². The number of piperazine rings is 1. The molecule has 4 rings (SSSR count). The maximum atomic E-state index is 13.6. The Kier molecular flexibility index (Phi) is 7.61. The van der Waals surface area contributed by atoms with Gasteiger partial charge in [-0.2, -0.15) is 5.10 Å². The van der Waals surface area contributed by atoms with E-state index in [2.05, 4.69) is 20.6 Å². The number of nitrogens with zero attached hydrogens (tertiary/aromatic N) is 3. The average Bonchev–Trinajstić information content (AvgIpc) is 2.81. The van der Waals surface area contributed by atoms with E-state index in [4.69, 9.17) is 4.74 Å². The van der Waals surface area contributed by atoms with Gasteiger partial charge in [0.05, 0.1) is 5.69 Å². The Morgan fingerprint density at radius 3 is 2.62 bits per heavy atom. The van der Waals surface area contributed by atoms with E-state index in [9.17, 15) is 18.4 Å². The summed E-state index contributed by atoms with van der Waals surface area (Å²) in [5, 5.41) is 10.2. The number of ether oxygens (including phenoxy) is 1. The number of carbonyl (C=O) groups excluding carboxylic acids is 1. The molecule has 0 unspecified atom stereocenters. The summed E-state index contributed by atoms with van der Waals surface area (Å²) in [7, 11) is 0. The summed E-state index contributed by atoms with van der Waals surface area (Å²) in [5.41, 5.74) is 1.30. The van der Waals surface area contributed by atoms with Gasteiger partial charge in [-0.3, -0.25) is 15.0 Å². The second kappa shape index (κ2) is 11.0. The quantitative estimate of drug-likeness (QED) is 0.553. The third kappa shape index (κ3) is 6.46. The first-order valence-corrected chi connectivity index (χ1v) is 11.0. The summed E-state index contributed by atoms with van der Waals surface area (Å²) >= 11 is 0. The molecule has 1 amide bonds. The molecule has 34 heavy (non-hydrogen) atoms. The number of hydrogen-bond acceptors (Lipinski definition) is 6. The lowest BCUT2D eigenvalue weighted by Gasteiger charge is -2.26. The number of amides is 1. The van der Waals surface area contributed by atoms with Crippen molar-refractivity contribution in [1.29, 1.82) is 0 Å². The summed E-state index contributed by atoms with van der Waals surface area (Å²) in [4.78, 5) is 26.7. The number of aromatic nitrogens is 2. The molecular formula is C24H25F2N5O3. The van der Waals surface area contributed by atoms with E-state index in [0.717, 1.165) is 49.9 Å². The molecule has 2 heterocycles. The van der Waals surface area contributed by atoms with E-state index in [1.54, 1.807) is 24.3 Å². The molecule has 1 fully saturated rings. The first-order chi connectivity index (χ1) is 16.5. The molecule has 2 N–H and O–H groups in total. The number of rotatable bonds is 7. The van der Waals surface area contributed by atoms with Crippen molar-refractivity contribution in [3.05, 3.63) is 87.8 Å². The zero-order valence-corrected chi connectivity index (χ0v) is 18.5. The molecular weight excluding hydrogens is 444 g/mol. The fourth-order valence-corrected chi connectivity index (χ4v) is 3.69. The minimum Gasteiger partial charge on any atom is -0.448 e. The van der Waals surface area contributed by atoms with E-state index >= 15 is 0 Å². The highest BCUT2D eigenvalue weighted by Crippen LogP contribution is 2.15. The van der Waals surface area contributed by atoms with Gasteiger partial charge in [-0.1, -0.05) is 12.1 Å². The highest BCUT2D eigenvalue weighted by molar-refractivity contribution is 5.84. The Hall–Kier alpha value is -3.63. The van der Waals surface area contributed by atoms with Gasteiger partial charge in [0.25, 0.3) is 0 Å². The van der Waals surface area contributed by atoms with Gasteiger partial charge in [-0.15, -0.1) is 0 Å². The van der Waals surface area contributed by atoms with Crippen molar-refractivity contribution in [3.63, 3.8) is 0 Å². The molecule has 3 aromatic rings. The molecule has 0 aliphatic carbocycles. The highest BCUT2D eigenvalue weighted by atomic mass is 19.1. The number of anilines is 1. The molecule has 1 saturated heterocycles. The summed E-state index contributed by atoms with van der Waals surface area (Å²) in [5.74, 6) is -1.48. The van der Waals surface area contributed by atoms with Gasteiger partial charge in [0, 0.05) is 63.2 Å². The molecule has 178 valence electrons. The lowest BCUT2D eigenvalue weighted by atomic mass is 10.1. The molecule has 1 aliphatic heterocycles. The van der Waals surface area contributed by atoms with Crippen LogP contribution in [0.25, 0.3) is 5.69 Å². The van der Waals surface area contributed by atoms with Crippen LogP contribution in [0.1, 0.15) is 11.3 Å². The zero-order valence-electron chi connectivity index (χ0n) is 18.5. The van der Waals surface area contributed by atoms with Gasteiger partial charge in [0.1, 0.15) is 23.9 Å². The van der Waals surface area contributed by atoms with Crippen LogP contribution < -0.4 is 16.1 Å². The van der Waals surface area contributed by atoms with Gasteiger partial charge >= 0.3 is 6.09 Å². The molecule has 1 aliphatic rings. The molecule has 10 heteroatoms. The van der Waals surface area contributed by atoms with Crippen LogP contribution in [0.4, 0.5) is 19.3 Å². The van der Waals surface area contributed by atoms with Crippen molar-refractivity contribution in [2.24, 2.45) is 0 Å². The van der Waals surface area contributed by atoms with Crippen molar-refractivity contribution in [1.82, 2.24) is 20.0 Å². The van der Waals surface area contributed by atoms with E-state index in [0.29, 0.717) is 18.8 Å². The van der Waals surface area contributed by atoms with Gasteiger partial charge in [-0.05, 0) is 29.8 Å². The van der Waals surface area contributed by atoms with E-state index < -0.39 is 17.7 Å². The first kappa shape index (κ1) is 23.5. The SMILES string of the molecule is O=C(Nc1cccc(Cc2nn(-c3cc(F)cc(F)c3)ccc2=O)c1)OCCN1CCNCC1. The highest BCUT2D eigenvalue weighted by Gasteiger charge is 2.12. The Morgan fingerprint density at radius 1 is 1.09 bits per heavy atom. The van der Waals surface area contributed by atoms with Crippen molar-refractivity contribution >= 4 is 11.8 Å². The maximum absolute atomic E-state index is 13.6. The minimum absolute atomic E-state index is 0.165. The van der Waals surface area contributed by atoms with Crippen LogP contribution in [-0.4, -0.2) is 60.1 Å². The standard InChI is InChI=1S/C24H25F2N5O3/c25-18-14-19(26)16-21(15-18)31-7-4-23(32)22(29-31)13-17-2-1-3-20(12-17)28-24(33)34-11-10-30-8-5-27-6-9-30/h1-4,7,12,14-16,27H,5-6,8-11,13H2,(H,28,33). The zero-order chi connectivity index (χ0) is 23.9. The number of hydrogen-bond donors (Lipinski definition) is 2. The van der Waals surface area contributed by atoms with Crippen LogP contribution in [0.5, 0.6) is 0 Å². The Labute approximate surface area is 195 Å². The van der Waals surface area contributed by atoms with Gasteiger partial charge in [0.2, 0.25) is 5.43 Å². The Bertz CT molecular complexity index is 1190. The van der Waals surface area contributed by atoms with Crippen molar-refractivity contribution < 1.29 is 18.3 Å². The number of benzene rings is 2. The third-order valence-electron chi connectivity index (χ3n) is 5.39. The average molecular weight is 469 g/mol. The molecule has 0 atom stereocenters. The van der Waals surface area contributed by atoms with Crippen LogP contribution in [0, 0.1) is 11.6 Å². The molecule has 0 radical (unpaired) electrons. The molecule has 0 spiro atoms. The lowest BCUT2D eigenvalue weighted by molar-refractivity contribution is 0.134. The predicted octanol–water partition coefficient (Wildman–Crippen LogP) is 2.56. The second-order valence-corrected chi connectivity index (χ2v) is 7.93. The molecule has 0 saturated carbocycles. The van der Waals surface area contributed by atoms with Crippen molar-refractivity contribution in [2.45, 2.75) is 6.42 Å². The number of halogens is 2. The monoisotopic (exact) mass is 469 g/mol. The normalized spacial score (nSPS) is 14.1. The fourth-order valence-electron chi connectivity index (χ4n) is 3.69. The van der Waals surface area contributed by atoms with E-state index in [1.807, 2.05) is 0 Å². The number of nitrogens with one attached hydrogen (secondary N) is 2. The maximum Gasteiger partial charge on any atom is 0.411 e. The van der Waals surface area contributed by atoms with Crippen LogP contribution in [0.15, 0.2) is 59.5 Å². The summed E-state index contributed by atoms with van der Waals surface area (Å²) in [6.45, 7) is 4.68. The smallest absolute Gasteiger partial charge is 0.411 e. The molecule has 1 aromatic heterocycles. The predicted molar refractivity (Wildman–Crippen MR) is 123 cm³/mol. The van der Waals surface area contributed by atoms with E-state index in [-0.39, 0.29) is 23.2 Å². The van der Waals surface area contributed by atoms with Gasteiger partial charge < -0.3 is 10.1 Å². The van der Waals surface area contributed by atoms with Crippen LogP contribution >= 0.6 is 0 Å². The van der Waals surface area contributed by atoms with Gasteiger partial charge in [0.15, 0.2) is 0 Å². The molecule has 0 bridgehead atoms. The Morgan fingerprint density at radius 2 is 1.85 bits per heavy atom. The lowest BCUT2D eigenvalue weighted by Crippen LogP contribution is -2.44. The van der Waals surface area contributed by atoms with Crippen LogP contribution in [0.2, 0.25) is 0 Å². The van der Waals surface area contributed by atoms with Crippen molar-refractivity contribution in [2.75, 3.05) is 44.6 Å².